The Labute approximate surface area is 90.8 Å². The molecule has 0 bridgehead atoms. The van der Waals surface area contributed by atoms with Crippen molar-refractivity contribution in [3.8, 4) is 0 Å². The van der Waals surface area contributed by atoms with Crippen LogP contribution in [0.4, 0.5) is 0 Å². The fourth-order valence-corrected chi connectivity index (χ4v) is 1.90. The normalized spacial score (nSPS) is 12.0. The molecule has 0 aliphatic carbocycles. The highest BCUT2D eigenvalue weighted by atomic mass is 32.2. The van der Waals surface area contributed by atoms with Crippen molar-refractivity contribution in [2.45, 2.75) is 11.8 Å². The van der Waals surface area contributed by atoms with E-state index < -0.39 is 12.0 Å². The van der Waals surface area contributed by atoms with E-state index in [9.17, 15) is 9.59 Å². The van der Waals surface area contributed by atoms with Crippen LogP contribution >= 0.6 is 11.8 Å². The fourth-order valence-electron chi connectivity index (χ4n) is 0.945. The van der Waals surface area contributed by atoms with Gasteiger partial charge in [0.1, 0.15) is 11.8 Å². The molecular weight excluding hydrogens is 218 g/mol. The standard InChI is InChI=1S/C9H11NO4S/c11-6-10-8(9(12)13)5-15-4-7-2-1-3-14-7/h1-3,6,8H,4-5H2,(H,10,11)(H,12,13). The Hall–Kier alpha value is -1.43. The van der Waals surface area contributed by atoms with E-state index in [4.69, 9.17) is 9.52 Å². The number of hydrogen-bond donors (Lipinski definition) is 2. The number of thioether (sulfide) groups is 1. The molecule has 2 N–H and O–H groups in total. The Morgan fingerprint density at radius 3 is 3.07 bits per heavy atom. The summed E-state index contributed by atoms with van der Waals surface area (Å²) < 4.78 is 5.08. The first-order valence-electron chi connectivity index (χ1n) is 4.26. The van der Waals surface area contributed by atoms with E-state index in [0.29, 0.717) is 17.9 Å². The van der Waals surface area contributed by atoms with Crippen LogP contribution in [0.1, 0.15) is 5.76 Å². The highest BCUT2D eigenvalue weighted by molar-refractivity contribution is 7.98. The van der Waals surface area contributed by atoms with E-state index in [2.05, 4.69) is 5.32 Å². The van der Waals surface area contributed by atoms with Crippen LogP contribution in [0.15, 0.2) is 22.8 Å². The Balaban J connectivity index is 2.28. The van der Waals surface area contributed by atoms with E-state index in [1.807, 2.05) is 6.07 Å². The van der Waals surface area contributed by atoms with Crippen LogP contribution in [-0.4, -0.2) is 29.3 Å². The van der Waals surface area contributed by atoms with E-state index in [1.165, 1.54) is 11.8 Å². The third-order valence-corrected chi connectivity index (χ3v) is 2.73. The molecule has 1 aromatic rings. The summed E-state index contributed by atoms with van der Waals surface area (Å²) >= 11 is 1.39. The predicted octanol–water partition coefficient (Wildman–Crippen LogP) is 0.712. The zero-order valence-corrected chi connectivity index (χ0v) is 8.70. The van der Waals surface area contributed by atoms with Crippen LogP contribution in [-0.2, 0) is 15.3 Å². The minimum absolute atomic E-state index is 0.314. The SMILES string of the molecule is O=CNC(CSCc1ccco1)C(=O)O. The van der Waals surface area contributed by atoms with E-state index >= 15 is 0 Å². The van der Waals surface area contributed by atoms with Crippen molar-refractivity contribution in [3.05, 3.63) is 24.2 Å². The summed E-state index contributed by atoms with van der Waals surface area (Å²) in [7, 11) is 0. The second-order valence-electron chi connectivity index (χ2n) is 2.77. The van der Waals surface area contributed by atoms with Crippen molar-refractivity contribution in [1.82, 2.24) is 5.32 Å². The molecule has 0 aliphatic rings. The topological polar surface area (TPSA) is 79.5 Å². The summed E-state index contributed by atoms with van der Waals surface area (Å²) in [5, 5.41) is 10.9. The number of carbonyl (C=O) groups is 2. The molecule has 15 heavy (non-hydrogen) atoms. The lowest BCUT2D eigenvalue weighted by Gasteiger charge is -2.09. The summed E-state index contributed by atoms with van der Waals surface area (Å²) in [5.41, 5.74) is 0. The van der Waals surface area contributed by atoms with Gasteiger partial charge in [-0.3, -0.25) is 4.79 Å². The molecule has 0 spiro atoms. The number of nitrogens with one attached hydrogen (secondary N) is 1. The van der Waals surface area contributed by atoms with Crippen molar-refractivity contribution in [3.63, 3.8) is 0 Å². The van der Waals surface area contributed by atoms with Gasteiger partial charge in [0, 0.05) is 5.75 Å². The van der Waals surface area contributed by atoms with Crippen LogP contribution in [0.25, 0.3) is 0 Å². The molecule has 0 saturated carbocycles. The third kappa shape index (κ3) is 4.07. The number of amides is 1. The van der Waals surface area contributed by atoms with E-state index in [1.54, 1.807) is 12.3 Å². The number of rotatable bonds is 7. The zero-order chi connectivity index (χ0) is 11.1. The summed E-state index contributed by atoms with van der Waals surface area (Å²) in [5.74, 6) is 0.663. The molecule has 1 heterocycles. The molecule has 1 rings (SSSR count). The monoisotopic (exact) mass is 229 g/mol. The highest BCUT2D eigenvalue weighted by Gasteiger charge is 2.15. The predicted molar refractivity (Wildman–Crippen MR) is 55.5 cm³/mol. The number of carbonyl (C=O) groups excluding carboxylic acids is 1. The maximum Gasteiger partial charge on any atom is 0.327 e. The lowest BCUT2D eigenvalue weighted by atomic mass is 10.3. The first-order chi connectivity index (χ1) is 7.24. The number of hydrogen-bond acceptors (Lipinski definition) is 4. The van der Waals surface area contributed by atoms with Crippen LogP contribution in [0.5, 0.6) is 0 Å². The van der Waals surface area contributed by atoms with Gasteiger partial charge in [-0.25, -0.2) is 4.79 Å². The first kappa shape index (κ1) is 11.6. The van der Waals surface area contributed by atoms with Crippen LogP contribution in [0.3, 0.4) is 0 Å². The lowest BCUT2D eigenvalue weighted by Crippen LogP contribution is -2.37. The molecule has 82 valence electrons. The number of carboxylic acids is 1. The molecule has 0 aromatic carbocycles. The minimum Gasteiger partial charge on any atom is -0.480 e. The van der Waals surface area contributed by atoms with E-state index in [-0.39, 0.29) is 0 Å². The van der Waals surface area contributed by atoms with Crippen LogP contribution in [0, 0.1) is 0 Å². The average Bonchev–Trinajstić information content (AvgIpc) is 2.69. The first-order valence-corrected chi connectivity index (χ1v) is 5.42. The van der Waals surface area contributed by atoms with Crippen molar-refractivity contribution in [2.75, 3.05) is 5.75 Å². The molecule has 0 radical (unpaired) electrons. The molecule has 1 aromatic heterocycles. The number of carboxylic acid groups (broad SMARTS) is 1. The van der Waals surface area contributed by atoms with Crippen LogP contribution in [0.2, 0.25) is 0 Å². The molecule has 1 amide bonds. The summed E-state index contributed by atoms with van der Waals surface area (Å²) in [6.45, 7) is 0. The minimum atomic E-state index is -1.03. The van der Waals surface area contributed by atoms with Gasteiger partial charge in [-0.1, -0.05) is 0 Å². The van der Waals surface area contributed by atoms with Gasteiger partial charge in [0.05, 0.1) is 12.0 Å². The third-order valence-electron chi connectivity index (χ3n) is 1.68. The summed E-state index contributed by atoms with van der Waals surface area (Å²) in [6, 6.07) is 2.74. The molecule has 5 nitrogen and oxygen atoms in total. The summed E-state index contributed by atoms with van der Waals surface area (Å²) in [6.07, 6.45) is 1.96. The Morgan fingerprint density at radius 1 is 1.73 bits per heavy atom. The highest BCUT2D eigenvalue weighted by Crippen LogP contribution is 2.13. The fraction of sp³-hybridized carbons (Fsp3) is 0.333. The maximum atomic E-state index is 10.6. The van der Waals surface area contributed by atoms with Gasteiger partial charge >= 0.3 is 5.97 Å². The summed E-state index contributed by atoms with van der Waals surface area (Å²) in [4.78, 5) is 20.7. The van der Waals surface area contributed by atoms with Gasteiger partial charge < -0.3 is 14.8 Å². The van der Waals surface area contributed by atoms with Gasteiger partial charge in [0.15, 0.2) is 0 Å². The smallest absolute Gasteiger partial charge is 0.327 e. The quantitative estimate of drug-likeness (QED) is 0.673. The average molecular weight is 229 g/mol. The Bertz CT molecular complexity index is 312. The molecule has 1 atom stereocenters. The number of furan rings is 1. The van der Waals surface area contributed by atoms with Crippen molar-refractivity contribution >= 4 is 24.1 Å². The van der Waals surface area contributed by atoms with E-state index in [0.717, 1.165) is 5.76 Å². The van der Waals surface area contributed by atoms with Crippen molar-refractivity contribution in [2.24, 2.45) is 0 Å². The second-order valence-corrected chi connectivity index (χ2v) is 3.80. The molecular formula is C9H11NO4S. The Morgan fingerprint density at radius 2 is 2.53 bits per heavy atom. The molecule has 0 fully saturated rings. The van der Waals surface area contributed by atoms with Gasteiger partial charge in [-0.15, -0.1) is 0 Å². The van der Waals surface area contributed by atoms with Crippen molar-refractivity contribution in [1.29, 1.82) is 0 Å². The van der Waals surface area contributed by atoms with Gasteiger partial charge in [0.25, 0.3) is 0 Å². The van der Waals surface area contributed by atoms with Crippen molar-refractivity contribution < 1.29 is 19.1 Å². The van der Waals surface area contributed by atoms with Crippen LogP contribution < -0.4 is 5.32 Å². The molecule has 6 heteroatoms. The maximum absolute atomic E-state index is 10.6. The van der Waals surface area contributed by atoms with Gasteiger partial charge in [-0.2, -0.15) is 11.8 Å². The molecule has 0 saturated heterocycles. The molecule has 0 aliphatic heterocycles. The largest absolute Gasteiger partial charge is 0.480 e. The second kappa shape index (κ2) is 6.13. The zero-order valence-electron chi connectivity index (χ0n) is 7.88. The number of aliphatic carboxylic acids is 1. The van der Waals surface area contributed by atoms with Gasteiger partial charge in [-0.05, 0) is 12.1 Å². The lowest BCUT2D eigenvalue weighted by molar-refractivity contribution is -0.139. The Kier molecular flexibility index (Phi) is 4.76. The molecule has 1 unspecified atom stereocenters. The van der Waals surface area contributed by atoms with Gasteiger partial charge in [0.2, 0.25) is 6.41 Å².